The molecule has 0 aromatic carbocycles. The van der Waals surface area contributed by atoms with Gasteiger partial charge in [0.15, 0.2) is 0 Å². The van der Waals surface area contributed by atoms with Crippen LogP contribution in [-0.4, -0.2) is 24.9 Å². The predicted octanol–water partition coefficient (Wildman–Crippen LogP) is 5.83. The smallest absolute Gasteiger partial charge is 0.287 e. The molecule has 0 saturated carbocycles. The topological polar surface area (TPSA) is 9.23 Å². The maximum Gasteiger partial charge on any atom is 0.366 e. The van der Waals surface area contributed by atoms with E-state index in [1.165, 1.54) is 0 Å². The molecule has 13 heteroatoms. The molecule has 0 N–H and O–H groups in total. The van der Waals surface area contributed by atoms with Crippen LogP contribution in [0.25, 0.3) is 0 Å². The fourth-order valence-electron chi connectivity index (χ4n) is 0.448. The Kier molecular flexibility index (Phi) is 5.94. The molecule has 1 nitrogen and oxygen atoms in total. The maximum absolute atomic E-state index is 13.2. The summed E-state index contributed by atoms with van der Waals surface area (Å²) < 4.78 is 55.9. The minimum Gasteiger partial charge on any atom is -0.287 e. The zero-order valence-corrected chi connectivity index (χ0v) is 12.7. The van der Waals surface area contributed by atoms with Crippen molar-refractivity contribution >= 4 is 81.2 Å². The summed E-state index contributed by atoms with van der Waals surface area (Å²) in [5.74, 6) is -5.13. The molecular weight excluding hydrogens is 419 g/mol. The van der Waals surface area contributed by atoms with Crippen LogP contribution in [0.15, 0.2) is 0 Å². The third-order valence-corrected chi connectivity index (χ3v) is 3.43. The van der Waals surface area contributed by atoms with E-state index >= 15 is 0 Å². The zero-order valence-electron chi connectivity index (χ0n) is 7.44. The van der Waals surface area contributed by atoms with Crippen molar-refractivity contribution in [2.24, 2.45) is 0 Å². The van der Waals surface area contributed by atoms with Crippen molar-refractivity contribution in [1.29, 1.82) is 0 Å². The monoisotopic (exact) mass is 416 g/mol. The van der Waals surface area contributed by atoms with Gasteiger partial charge in [-0.3, -0.25) is 4.74 Å². The molecule has 1 unspecified atom stereocenters. The first-order valence-electron chi connectivity index (χ1n) is 3.43. The number of hydrogen-bond donors (Lipinski definition) is 0. The molecule has 0 aliphatic heterocycles. The number of rotatable bonds is 5. The summed E-state index contributed by atoms with van der Waals surface area (Å²) in [4.78, 5) is 0. The van der Waals surface area contributed by atoms with Crippen LogP contribution in [0.3, 0.4) is 0 Å². The second kappa shape index (κ2) is 5.44. The Morgan fingerprint density at radius 1 is 0.611 bits per heavy atom. The first-order chi connectivity index (χ1) is 7.46. The molecule has 0 rings (SSSR count). The molecule has 0 radical (unpaired) electrons. The second-order valence-corrected chi connectivity index (χ2v) is 6.92. The van der Waals surface area contributed by atoms with Gasteiger partial charge in [0.25, 0.3) is 4.52 Å². The predicted molar refractivity (Wildman–Crippen MR) is 61.3 cm³/mol. The lowest BCUT2D eigenvalue weighted by molar-refractivity contribution is -0.224. The van der Waals surface area contributed by atoms with Crippen molar-refractivity contribution in [3.63, 3.8) is 0 Å². The minimum atomic E-state index is -5.13. The number of ether oxygens (including phenoxy) is 1. The molecule has 0 aliphatic rings. The van der Waals surface area contributed by atoms with Gasteiger partial charge in [0.05, 0.1) is 0 Å². The van der Waals surface area contributed by atoms with E-state index in [2.05, 4.69) is 62.7 Å². The van der Waals surface area contributed by atoms with Crippen molar-refractivity contribution in [2.75, 3.05) is 0 Å². The van der Waals surface area contributed by atoms with Gasteiger partial charge in [0.2, 0.25) is 0 Å². The normalized spacial score (nSPS) is 18.7. The molecule has 0 aliphatic carbocycles. The Hall–Kier alpha value is 1.64. The Bertz CT molecular complexity index is 308. The van der Waals surface area contributed by atoms with E-state index in [4.69, 9.17) is 23.2 Å². The highest BCUT2D eigenvalue weighted by Gasteiger charge is 2.71. The van der Waals surface area contributed by atoms with Crippen molar-refractivity contribution in [3.8, 4) is 0 Å². The van der Waals surface area contributed by atoms with Gasteiger partial charge in [-0.15, -0.1) is 0 Å². The standard InChI is InChI=1S/C5Cl7F5O/c6-2(7,15)1(13,14)4(10,11)18-5(12,17)3(8,9)16. The summed E-state index contributed by atoms with van der Waals surface area (Å²) >= 11 is 32.1. The lowest BCUT2D eigenvalue weighted by Crippen LogP contribution is -2.55. The molecule has 110 valence electrons. The SMILES string of the molecule is FC(Cl)(Cl)C(F)(Cl)OC(Cl)(Cl)C(F)(F)C(F)(Cl)Cl. The van der Waals surface area contributed by atoms with Crippen LogP contribution in [0.2, 0.25) is 0 Å². The molecule has 0 fully saturated rings. The lowest BCUT2D eigenvalue weighted by atomic mass is 10.4. The molecule has 0 heterocycles. The molecule has 18 heavy (non-hydrogen) atoms. The number of halogens is 12. The van der Waals surface area contributed by atoms with Gasteiger partial charge in [0.1, 0.15) is 0 Å². The Balaban J connectivity index is 5.33. The molecule has 0 amide bonds. The van der Waals surface area contributed by atoms with Crippen LogP contribution in [0, 0.1) is 0 Å². The first-order valence-corrected chi connectivity index (χ1v) is 6.07. The van der Waals surface area contributed by atoms with Crippen LogP contribution < -0.4 is 0 Å². The summed E-state index contributed by atoms with van der Waals surface area (Å²) in [6.07, 6.45) is 0. The maximum atomic E-state index is 13.2. The molecule has 0 spiro atoms. The molecule has 0 bridgehead atoms. The van der Waals surface area contributed by atoms with Crippen LogP contribution in [0.4, 0.5) is 22.0 Å². The minimum absolute atomic E-state index is 3.41. The summed E-state index contributed by atoms with van der Waals surface area (Å²) in [5.41, 5.74) is 0. The van der Waals surface area contributed by atoms with Gasteiger partial charge in [0, 0.05) is 0 Å². The van der Waals surface area contributed by atoms with Crippen molar-refractivity contribution in [3.05, 3.63) is 0 Å². The number of alkyl halides is 12. The highest BCUT2D eigenvalue weighted by atomic mass is 35.5. The highest BCUT2D eigenvalue weighted by molar-refractivity contribution is 6.54. The zero-order chi connectivity index (χ0) is 15.2. The fraction of sp³-hybridized carbons (Fsp3) is 1.00. The fourth-order valence-corrected chi connectivity index (χ4v) is 1.65. The Morgan fingerprint density at radius 3 is 1.17 bits per heavy atom. The third-order valence-electron chi connectivity index (χ3n) is 1.31. The summed E-state index contributed by atoms with van der Waals surface area (Å²) in [7, 11) is 0. The van der Waals surface area contributed by atoms with E-state index in [-0.39, 0.29) is 0 Å². The first kappa shape index (κ1) is 19.6. The van der Waals surface area contributed by atoms with Gasteiger partial charge in [-0.1, -0.05) is 69.6 Å². The molecule has 0 saturated heterocycles. The van der Waals surface area contributed by atoms with Gasteiger partial charge < -0.3 is 0 Å². The van der Waals surface area contributed by atoms with Gasteiger partial charge in [-0.2, -0.15) is 17.6 Å². The summed E-state index contributed by atoms with van der Waals surface area (Å²) in [5, 5.41) is -4.35. The van der Waals surface area contributed by atoms with Crippen molar-refractivity contribution < 1.29 is 26.7 Å². The largest absolute Gasteiger partial charge is 0.366 e. The highest BCUT2D eigenvalue weighted by Crippen LogP contribution is 2.56. The Morgan fingerprint density at radius 2 is 0.944 bits per heavy atom. The van der Waals surface area contributed by atoms with Gasteiger partial charge in [-0.25, -0.2) is 4.39 Å². The lowest BCUT2D eigenvalue weighted by Gasteiger charge is -2.36. The summed E-state index contributed by atoms with van der Waals surface area (Å²) in [6.45, 7) is 0. The van der Waals surface area contributed by atoms with Gasteiger partial charge in [-0.05, 0) is 11.6 Å². The Labute approximate surface area is 132 Å². The molecule has 1 atom stereocenters. The van der Waals surface area contributed by atoms with E-state index in [0.717, 1.165) is 0 Å². The molecular formula is C5Cl7F5O. The van der Waals surface area contributed by atoms with E-state index < -0.39 is 24.9 Å². The quantitative estimate of drug-likeness (QED) is 0.402. The molecule has 0 aromatic rings. The van der Waals surface area contributed by atoms with Crippen molar-refractivity contribution in [1.82, 2.24) is 0 Å². The average Bonchev–Trinajstić information content (AvgIpc) is 1.96. The van der Waals surface area contributed by atoms with E-state index in [0.29, 0.717) is 0 Å². The van der Waals surface area contributed by atoms with Crippen molar-refractivity contribution in [2.45, 2.75) is 24.9 Å². The molecule has 0 aromatic heterocycles. The average molecular weight is 419 g/mol. The van der Waals surface area contributed by atoms with Crippen LogP contribution in [0.1, 0.15) is 0 Å². The van der Waals surface area contributed by atoms with Crippen LogP contribution >= 0.6 is 81.2 Å². The second-order valence-electron chi connectivity index (χ2n) is 2.71. The van der Waals surface area contributed by atoms with E-state index in [9.17, 15) is 22.0 Å². The summed E-state index contributed by atoms with van der Waals surface area (Å²) in [6, 6.07) is 0. The third kappa shape index (κ3) is 4.07. The van der Waals surface area contributed by atoms with Gasteiger partial charge >= 0.3 is 20.4 Å². The van der Waals surface area contributed by atoms with Crippen LogP contribution in [-0.2, 0) is 4.74 Å². The van der Waals surface area contributed by atoms with Crippen LogP contribution in [0.5, 0.6) is 0 Å². The van der Waals surface area contributed by atoms with E-state index in [1.807, 2.05) is 0 Å². The van der Waals surface area contributed by atoms with E-state index in [1.54, 1.807) is 0 Å². The number of hydrogen-bond acceptors (Lipinski definition) is 1.